The standard InChI is InChI=1S/C21H19N3O5S/c1-2-3-10-29-21(28)15-11-30-17-16(15)20(27)23(12-22-17)8-9-24-18(25)13-6-4-5-7-14(13)19(24)26/h4-7,11-12H,2-3,8-10H2,1H3. The maximum Gasteiger partial charge on any atom is 0.339 e. The maximum absolute atomic E-state index is 13.0. The summed E-state index contributed by atoms with van der Waals surface area (Å²) in [6, 6.07) is 6.62. The smallest absolute Gasteiger partial charge is 0.339 e. The van der Waals surface area contributed by atoms with Gasteiger partial charge in [0.25, 0.3) is 17.4 Å². The average molecular weight is 425 g/mol. The van der Waals surface area contributed by atoms with Gasteiger partial charge in [0, 0.05) is 18.5 Å². The lowest BCUT2D eigenvalue weighted by molar-refractivity contribution is 0.0501. The molecule has 0 atom stereocenters. The molecule has 0 saturated heterocycles. The van der Waals surface area contributed by atoms with Gasteiger partial charge in [-0.3, -0.25) is 23.9 Å². The lowest BCUT2D eigenvalue weighted by atomic mass is 10.1. The predicted molar refractivity (Wildman–Crippen MR) is 111 cm³/mol. The zero-order chi connectivity index (χ0) is 21.3. The van der Waals surface area contributed by atoms with Gasteiger partial charge in [0.2, 0.25) is 0 Å². The Balaban J connectivity index is 1.56. The summed E-state index contributed by atoms with van der Waals surface area (Å²) in [5, 5.41) is 1.77. The van der Waals surface area contributed by atoms with E-state index >= 15 is 0 Å². The van der Waals surface area contributed by atoms with Crippen LogP contribution in [0.15, 0.2) is 40.8 Å². The molecule has 0 spiro atoms. The van der Waals surface area contributed by atoms with Crippen molar-refractivity contribution in [1.82, 2.24) is 14.5 Å². The van der Waals surface area contributed by atoms with Crippen LogP contribution in [0, 0.1) is 0 Å². The lowest BCUT2D eigenvalue weighted by Crippen LogP contribution is -2.35. The Kier molecular flexibility index (Phi) is 5.45. The number of thiophene rings is 1. The minimum Gasteiger partial charge on any atom is -0.462 e. The number of carbonyl (C=O) groups excluding carboxylic acids is 3. The summed E-state index contributed by atoms with van der Waals surface area (Å²) in [6.45, 7) is 2.39. The van der Waals surface area contributed by atoms with E-state index in [1.54, 1.807) is 29.6 Å². The van der Waals surface area contributed by atoms with Gasteiger partial charge in [-0.05, 0) is 18.6 Å². The molecular formula is C21H19N3O5S. The first-order valence-corrected chi connectivity index (χ1v) is 10.5. The number of hydrogen-bond donors (Lipinski definition) is 0. The molecule has 0 N–H and O–H groups in total. The highest BCUT2D eigenvalue weighted by atomic mass is 32.1. The van der Waals surface area contributed by atoms with Gasteiger partial charge in [-0.1, -0.05) is 25.5 Å². The fourth-order valence-corrected chi connectivity index (χ4v) is 4.18. The second kappa shape index (κ2) is 8.19. The van der Waals surface area contributed by atoms with E-state index < -0.39 is 11.5 Å². The molecule has 9 heteroatoms. The highest BCUT2D eigenvalue weighted by Crippen LogP contribution is 2.23. The molecule has 4 rings (SSSR count). The quantitative estimate of drug-likeness (QED) is 0.328. The minimum absolute atomic E-state index is 0.0276. The van der Waals surface area contributed by atoms with Gasteiger partial charge in [0.15, 0.2) is 0 Å². The van der Waals surface area contributed by atoms with Crippen LogP contribution in [0.3, 0.4) is 0 Å². The van der Waals surface area contributed by atoms with E-state index in [4.69, 9.17) is 4.74 Å². The number of esters is 1. The van der Waals surface area contributed by atoms with Crippen LogP contribution in [0.5, 0.6) is 0 Å². The van der Waals surface area contributed by atoms with Crippen LogP contribution >= 0.6 is 11.3 Å². The number of unbranched alkanes of at least 4 members (excludes halogenated alkanes) is 1. The number of fused-ring (bicyclic) bond motifs is 2. The molecule has 154 valence electrons. The molecule has 0 radical (unpaired) electrons. The van der Waals surface area contributed by atoms with E-state index in [0.717, 1.165) is 17.7 Å². The Morgan fingerprint density at radius 2 is 1.80 bits per heavy atom. The molecule has 30 heavy (non-hydrogen) atoms. The number of aromatic nitrogens is 2. The number of nitrogens with zero attached hydrogens (tertiary/aromatic N) is 3. The second-order valence-electron chi connectivity index (χ2n) is 6.87. The minimum atomic E-state index is -0.549. The Labute approximate surface area is 175 Å². The molecule has 8 nitrogen and oxygen atoms in total. The van der Waals surface area contributed by atoms with Crippen LogP contribution in [0.1, 0.15) is 50.8 Å². The molecule has 1 aromatic carbocycles. The van der Waals surface area contributed by atoms with Crippen LogP contribution in [0.2, 0.25) is 0 Å². The normalized spacial score (nSPS) is 13.2. The van der Waals surface area contributed by atoms with Crippen LogP contribution in [0.25, 0.3) is 10.2 Å². The van der Waals surface area contributed by atoms with Gasteiger partial charge in [-0.15, -0.1) is 11.3 Å². The number of carbonyl (C=O) groups is 3. The van der Waals surface area contributed by atoms with Crippen molar-refractivity contribution in [1.29, 1.82) is 0 Å². The Bertz CT molecular complexity index is 1180. The van der Waals surface area contributed by atoms with Gasteiger partial charge < -0.3 is 4.74 Å². The third-order valence-corrected chi connectivity index (χ3v) is 5.84. The van der Waals surface area contributed by atoms with Crippen molar-refractivity contribution >= 4 is 39.3 Å². The van der Waals surface area contributed by atoms with E-state index in [-0.39, 0.29) is 35.9 Å². The second-order valence-corrected chi connectivity index (χ2v) is 7.73. The molecule has 0 unspecified atom stereocenters. The van der Waals surface area contributed by atoms with Crippen molar-refractivity contribution < 1.29 is 19.1 Å². The van der Waals surface area contributed by atoms with Crippen LogP contribution < -0.4 is 5.56 Å². The van der Waals surface area contributed by atoms with Crippen molar-refractivity contribution in [3.63, 3.8) is 0 Å². The van der Waals surface area contributed by atoms with Crippen LogP contribution in [-0.4, -0.2) is 45.4 Å². The molecule has 1 aliphatic rings. The van der Waals surface area contributed by atoms with E-state index in [1.165, 1.54) is 22.2 Å². The van der Waals surface area contributed by atoms with Gasteiger partial charge in [0.1, 0.15) is 4.83 Å². The van der Waals surface area contributed by atoms with Crippen LogP contribution in [-0.2, 0) is 11.3 Å². The number of amides is 2. The highest BCUT2D eigenvalue weighted by molar-refractivity contribution is 7.17. The number of hydrogen-bond acceptors (Lipinski definition) is 7. The van der Waals surface area contributed by atoms with Crippen LogP contribution in [0.4, 0.5) is 0 Å². The number of imide groups is 1. The molecule has 0 saturated carbocycles. The summed E-state index contributed by atoms with van der Waals surface area (Å²) >= 11 is 1.20. The van der Waals surface area contributed by atoms with Gasteiger partial charge in [-0.2, -0.15) is 0 Å². The van der Waals surface area contributed by atoms with Crippen molar-refractivity contribution in [2.75, 3.05) is 13.2 Å². The lowest BCUT2D eigenvalue weighted by Gasteiger charge is -2.14. The number of rotatable bonds is 7. The Morgan fingerprint density at radius 3 is 2.47 bits per heavy atom. The third-order valence-electron chi connectivity index (χ3n) is 4.95. The summed E-state index contributed by atoms with van der Waals surface area (Å²) in [6.07, 6.45) is 3.01. The molecular weight excluding hydrogens is 406 g/mol. The number of benzene rings is 1. The molecule has 3 aromatic rings. The monoisotopic (exact) mass is 425 g/mol. The zero-order valence-corrected chi connectivity index (χ0v) is 17.1. The molecule has 3 heterocycles. The molecule has 2 amide bonds. The molecule has 0 fully saturated rings. The first-order valence-electron chi connectivity index (χ1n) is 9.62. The molecule has 2 aromatic heterocycles. The topological polar surface area (TPSA) is 98.6 Å². The summed E-state index contributed by atoms with van der Waals surface area (Å²) in [5.74, 6) is -1.31. The predicted octanol–water partition coefficient (Wildman–Crippen LogP) is 2.71. The maximum atomic E-state index is 13.0. The Morgan fingerprint density at radius 1 is 1.10 bits per heavy atom. The summed E-state index contributed by atoms with van der Waals surface area (Å²) in [4.78, 5) is 56.1. The van der Waals surface area contributed by atoms with Gasteiger partial charge in [0.05, 0.1) is 35.0 Å². The van der Waals surface area contributed by atoms with E-state index in [9.17, 15) is 19.2 Å². The first-order chi connectivity index (χ1) is 14.5. The number of ether oxygens (including phenoxy) is 1. The fourth-order valence-electron chi connectivity index (χ4n) is 3.31. The first kappa shape index (κ1) is 20.0. The van der Waals surface area contributed by atoms with Gasteiger partial charge in [-0.25, -0.2) is 9.78 Å². The average Bonchev–Trinajstić information content (AvgIpc) is 3.29. The van der Waals surface area contributed by atoms with Crippen molar-refractivity contribution in [3.05, 3.63) is 63.0 Å². The molecule has 1 aliphatic heterocycles. The SMILES string of the molecule is CCCCOC(=O)c1csc2ncn(CCN3C(=O)c4ccccc4C3=O)c(=O)c12. The van der Waals surface area contributed by atoms with Crippen molar-refractivity contribution in [3.8, 4) is 0 Å². The Hall–Kier alpha value is -3.33. The largest absolute Gasteiger partial charge is 0.462 e. The fraction of sp³-hybridized carbons (Fsp3) is 0.286. The summed E-state index contributed by atoms with van der Waals surface area (Å²) in [5.41, 5.74) is 0.510. The summed E-state index contributed by atoms with van der Waals surface area (Å²) in [7, 11) is 0. The molecule has 0 bridgehead atoms. The van der Waals surface area contributed by atoms with E-state index in [1.807, 2.05) is 6.92 Å². The van der Waals surface area contributed by atoms with Crippen molar-refractivity contribution in [2.24, 2.45) is 0 Å². The van der Waals surface area contributed by atoms with Crippen molar-refractivity contribution in [2.45, 2.75) is 26.3 Å². The van der Waals surface area contributed by atoms with Gasteiger partial charge >= 0.3 is 5.97 Å². The third kappa shape index (κ3) is 3.41. The van der Waals surface area contributed by atoms with E-state index in [0.29, 0.717) is 22.6 Å². The summed E-state index contributed by atoms with van der Waals surface area (Å²) < 4.78 is 6.54. The highest BCUT2D eigenvalue weighted by Gasteiger charge is 2.34. The zero-order valence-electron chi connectivity index (χ0n) is 16.3. The van der Waals surface area contributed by atoms with E-state index in [2.05, 4.69) is 4.98 Å². The molecule has 0 aliphatic carbocycles.